The summed E-state index contributed by atoms with van der Waals surface area (Å²) in [5.41, 5.74) is 4.11. The molecule has 5 nitrogen and oxygen atoms in total. The summed E-state index contributed by atoms with van der Waals surface area (Å²) < 4.78 is 5.92. The van der Waals surface area contributed by atoms with Crippen molar-refractivity contribution in [1.82, 2.24) is 4.90 Å². The number of nitrogens with one attached hydrogen (secondary N) is 1. The summed E-state index contributed by atoms with van der Waals surface area (Å²) in [6, 6.07) is 13.8. The normalized spacial score (nSPS) is 12.7. The van der Waals surface area contributed by atoms with Gasteiger partial charge in [-0.15, -0.1) is 6.58 Å². The van der Waals surface area contributed by atoms with Crippen LogP contribution in [0.2, 0.25) is 0 Å². The second-order valence-electron chi connectivity index (χ2n) is 7.59. The van der Waals surface area contributed by atoms with Gasteiger partial charge in [-0.2, -0.15) is 0 Å². The van der Waals surface area contributed by atoms with Crippen molar-refractivity contribution < 1.29 is 9.53 Å². The highest BCUT2D eigenvalue weighted by molar-refractivity contribution is 6.03. The van der Waals surface area contributed by atoms with Crippen molar-refractivity contribution in [3.05, 3.63) is 66.2 Å². The molecule has 1 aliphatic rings. The molecule has 0 aromatic heterocycles. The van der Waals surface area contributed by atoms with E-state index in [0.29, 0.717) is 13.2 Å². The topological polar surface area (TPSA) is 44.8 Å². The molecule has 3 rings (SSSR count). The molecule has 0 aliphatic carbocycles. The van der Waals surface area contributed by atoms with Gasteiger partial charge in [0.15, 0.2) is 0 Å². The fourth-order valence-electron chi connectivity index (χ4n) is 3.49. The number of rotatable bonds is 9. The van der Waals surface area contributed by atoms with E-state index in [0.717, 1.165) is 55.0 Å². The van der Waals surface area contributed by atoms with Gasteiger partial charge in [0, 0.05) is 24.5 Å². The summed E-state index contributed by atoms with van der Waals surface area (Å²) in [5, 5.41) is 2.98. The molecule has 29 heavy (non-hydrogen) atoms. The van der Waals surface area contributed by atoms with Gasteiger partial charge in [0.1, 0.15) is 5.75 Å². The molecule has 0 saturated carbocycles. The smallest absolute Gasteiger partial charge is 0.326 e. The third-order valence-corrected chi connectivity index (χ3v) is 5.14. The van der Waals surface area contributed by atoms with Crippen LogP contribution in [0.1, 0.15) is 24.0 Å². The molecule has 2 aromatic carbocycles. The minimum Gasteiger partial charge on any atom is -0.494 e. The van der Waals surface area contributed by atoms with E-state index in [2.05, 4.69) is 29.9 Å². The first-order valence-electron chi connectivity index (χ1n) is 10.3. The number of urea groups is 1. The molecule has 0 atom stereocenters. The molecule has 2 aromatic rings. The van der Waals surface area contributed by atoms with E-state index < -0.39 is 0 Å². The van der Waals surface area contributed by atoms with E-state index in [1.54, 1.807) is 4.90 Å². The van der Waals surface area contributed by atoms with Gasteiger partial charge in [0.25, 0.3) is 0 Å². The maximum atomic E-state index is 12.7. The third-order valence-electron chi connectivity index (χ3n) is 5.14. The van der Waals surface area contributed by atoms with Crippen LogP contribution in [0.3, 0.4) is 0 Å². The van der Waals surface area contributed by atoms with Crippen molar-refractivity contribution in [1.29, 1.82) is 0 Å². The Hall–Kier alpha value is -2.79. The minimum absolute atomic E-state index is 0.0927. The lowest BCUT2D eigenvalue weighted by atomic mass is 10.1. The number of likely N-dealkylation sites (N-methyl/N-ethyl adjacent to an activating group) is 1. The number of aryl methyl sites for hydroxylation is 1. The molecule has 0 saturated heterocycles. The predicted octanol–water partition coefficient (Wildman–Crippen LogP) is 4.87. The highest BCUT2D eigenvalue weighted by Gasteiger charge is 2.25. The van der Waals surface area contributed by atoms with Crippen LogP contribution in [0.5, 0.6) is 5.75 Å². The number of carbonyl (C=O) groups excluding carboxylic acids is 1. The van der Waals surface area contributed by atoms with E-state index in [-0.39, 0.29) is 6.03 Å². The van der Waals surface area contributed by atoms with Gasteiger partial charge in [0.2, 0.25) is 0 Å². The highest BCUT2D eigenvalue weighted by atomic mass is 16.5. The first kappa shape index (κ1) is 20.9. The molecule has 0 unspecified atom stereocenters. The summed E-state index contributed by atoms with van der Waals surface area (Å²) in [6.45, 7) is 9.15. The van der Waals surface area contributed by atoms with Gasteiger partial charge in [-0.3, -0.25) is 4.90 Å². The van der Waals surface area contributed by atoms with Crippen molar-refractivity contribution in [3.8, 4) is 5.75 Å². The van der Waals surface area contributed by atoms with Gasteiger partial charge >= 0.3 is 6.03 Å². The number of hydrogen-bond acceptors (Lipinski definition) is 3. The number of amides is 2. The maximum absolute atomic E-state index is 12.7. The number of fused-ring (bicyclic) bond motifs is 1. The van der Waals surface area contributed by atoms with Crippen molar-refractivity contribution in [2.75, 3.05) is 43.5 Å². The Labute approximate surface area is 174 Å². The van der Waals surface area contributed by atoms with Crippen LogP contribution in [0.25, 0.3) is 0 Å². The number of unbranched alkanes of at least 4 members (excludes halogenated alkanes) is 1. The molecule has 0 bridgehead atoms. The average molecular weight is 394 g/mol. The largest absolute Gasteiger partial charge is 0.494 e. The van der Waals surface area contributed by atoms with Crippen molar-refractivity contribution in [2.24, 2.45) is 0 Å². The highest BCUT2D eigenvalue weighted by Crippen LogP contribution is 2.32. The van der Waals surface area contributed by atoms with Crippen LogP contribution in [-0.4, -0.2) is 44.2 Å². The Bertz CT molecular complexity index is 833. The van der Waals surface area contributed by atoms with Crippen LogP contribution >= 0.6 is 0 Å². The van der Waals surface area contributed by atoms with Crippen LogP contribution in [0, 0.1) is 6.92 Å². The molecule has 5 heteroatoms. The van der Waals surface area contributed by atoms with Crippen LogP contribution in [0.15, 0.2) is 55.1 Å². The first-order valence-corrected chi connectivity index (χ1v) is 10.3. The monoisotopic (exact) mass is 393 g/mol. The van der Waals surface area contributed by atoms with Crippen LogP contribution in [0.4, 0.5) is 16.2 Å². The first-order chi connectivity index (χ1) is 14.1. The molecule has 0 fully saturated rings. The van der Waals surface area contributed by atoms with Crippen molar-refractivity contribution in [2.45, 2.75) is 26.2 Å². The standard InChI is InChI=1S/C24H31N3O2/c1-4-14-26(3)15-5-6-17-29-22-11-12-23-20(18-22)13-16-27(23)24(28)25-21-9-7-19(2)8-10-21/h4,7-12,18H,1,5-6,13-17H2,2-3H3,(H,25,28). The van der Waals surface area contributed by atoms with Crippen LogP contribution < -0.4 is 15.0 Å². The fourth-order valence-corrected chi connectivity index (χ4v) is 3.49. The van der Waals surface area contributed by atoms with E-state index in [9.17, 15) is 4.79 Å². The lowest BCUT2D eigenvalue weighted by Crippen LogP contribution is -2.33. The quantitative estimate of drug-likeness (QED) is 0.488. The summed E-state index contributed by atoms with van der Waals surface area (Å²) in [4.78, 5) is 16.7. The van der Waals surface area contributed by atoms with Crippen molar-refractivity contribution >= 4 is 17.4 Å². The molecule has 0 spiro atoms. The molecule has 0 radical (unpaired) electrons. The Morgan fingerprint density at radius 3 is 2.79 bits per heavy atom. The molecule has 1 heterocycles. The van der Waals surface area contributed by atoms with Gasteiger partial charge in [-0.25, -0.2) is 4.79 Å². The Morgan fingerprint density at radius 1 is 1.24 bits per heavy atom. The second-order valence-corrected chi connectivity index (χ2v) is 7.59. The van der Waals surface area contributed by atoms with E-state index in [1.807, 2.05) is 49.4 Å². The van der Waals surface area contributed by atoms with Crippen molar-refractivity contribution in [3.63, 3.8) is 0 Å². The van der Waals surface area contributed by atoms with Gasteiger partial charge < -0.3 is 15.0 Å². The van der Waals surface area contributed by atoms with E-state index >= 15 is 0 Å². The summed E-state index contributed by atoms with van der Waals surface area (Å²) in [5.74, 6) is 0.879. The van der Waals surface area contributed by atoms with Gasteiger partial charge in [-0.1, -0.05) is 23.8 Å². The molecular weight excluding hydrogens is 362 g/mol. The number of anilines is 2. The summed E-state index contributed by atoms with van der Waals surface area (Å²) in [7, 11) is 2.10. The molecule has 1 N–H and O–H groups in total. The Morgan fingerprint density at radius 2 is 2.03 bits per heavy atom. The lowest BCUT2D eigenvalue weighted by molar-refractivity contribution is 0.257. The predicted molar refractivity (Wildman–Crippen MR) is 120 cm³/mol. The number of carbonyl (C=O) groups is 1. The van der Waals surface area contributed by atoms with E-state index in [4.69, 9.17) is 4.74 Å². The second kappa shape index (κ2) is 10.1. The fraction of sp³-hybridized carbons (Fsp3) is 0.375. The summed E-state index contributed by atoms with van der Waals surface area (Å²) in [6.07, 6.45) is 4.89. The molecule has 154 valence electrons. The van der Waals surface area contributed by atoms with Gasteiger partial charge in [-0.05, 0) is 75.7 Å². The SMILES string of the molecule is C=CCN(C)CCCCOc1ccc2c(c1)CCN2C(=O)Nc1ccc(C)cc1. The maximum Gasteiger partial charge on any atom is 0.326 e. The Kier molecular flexibility index (Phi) is 7.30. The number of benzene rings is 2. The Balaban J connectivity index is 1.49. The molecular formula is C24H31N3O2. The molecule has 2 amide bonds. The number of ether oxygens (including phenoxy) is 1. The van der Waals surface area contributed by atoms with Gasteiger partial charge in [0.05, 0.1) is 6.61 Å². The summed E-state index contributed by atoms with van der Waals surface area (Å²) >= 11 is 0. The zero-order valence-electron chi connectivity index (χ0n) is 17.5. The zero-order chi connectivity index (χ0) is 20.6. The van der Waals surface area contributed by atoms with E-state index in [1.165, 1.54) is 5.56 Å². The van der Waals surface area contributed by atoms with Crippen LogP contribution in [-0.2, 0) is 6.42 Å². The third kappa shape index (κ3) is 5.84. The average Bonchev–Trinajstić information content (AvgIpc) is 3.13. The molecule has 1 aliphatic heterocycles. The zero-order valence-corrected chi connectivity index (χ0v) is 17.5. The number of hydrogen-bond donors (Lipinski definition) is 1. The lowest BCUT2D eigenvalue weighted by Gasteiger charge is -2.18. The minimum atomic E-state index is -0.0927. The number of nitrogens with zero attached hydrogens (tertiary/aromatic N) is 2.